The molecule has 2 saturated heterocycles. The van der Waals surface area contributed by atoms with Crippen LogP contribution < -0.4 is 4.74 Å². The maximum Gasteiger partial charge on any atom is 0.233 e. The Morgan fingerprint density at radius 1 is 1.14 bits per heavy atom. The predicted octanol–water partition coefficient (Wildman–Crippen LogP) is 3.38. The summed E-state index contributed by atoms with van der Waals surface area (Å²) >= 11 is 1.75. The molecule has 2 bridgehead atoms. The number of piperidine rings is 2. The first kappa shape index (κ1) is 14.2. The molecule has 0 radical (unpaired) electrons. The monoisotopic (exact) mass is 315 g/mol. The molecule has 0 N–H and O–H groups in total. The second-order valence-electron chi connectivity index (χ2n) is 6.32. The first-order chi connectivity index (χ1) is 10.8. The summed E-state index contributed by atoms with van der Waals surface area (Å²) in [6, 6.07) is 8.20. The van der Waals surface area contributed by atoms with Crippen LogP contribution in [0.5, 0.6) is 5.88 Å². The zero-order chi connectivity index (χ0) is 14.9. The van der Waals surface area contributed by atoms with E-state index < -0.39 is 0 Å². The van der Waals surface area contributed by atoms with Crippen molar-refractivity contribution in [2.75, 3.05) is 19.6 Å². The van der Waals surface area contributed by atoms with E-state index in [0.29, 0.717) is 17.9 Å². The zero-order valence-electron chi connectivity index (χ0n) is 12.9. The minimum Gasteiger partial charge on any atom is -0.473 e. The van der Waals surface area contributed by atoms with Crippen LogP contribution in [-0.2, 0) is 0 Å². The van der Waals surface area contributed by atoms with E-state index in [1.807, 2.05) is 12.1 Å². The molecule has 4 heterocycles. The molecule has 3 atom stereocenters. The first-order valence-electron chi connectivity index (χ1n) is 8.07. The van der Waals surface area contributed by atoms with Crippen molar-refractivity contribution >= 4 is 11.3 Å². The SMILES string of the molecule is Cc1ccc(-c2ccc(O[C@H]3CC[N@@]4CCC[C@H]3C4)nn2)s1. The van der Waals surface area contributed by atoms with E-state index in [2.05, 4.69) is 34.2 Å². The normalized spacial score (nSPS) is 27.6. The molecule has 5 heteroatoms. The number of aryl methyl sites for hydroxylation is 1. The Morgan fingerprint density at radius 3 is 2.86 bits per heavy atom. The van der Waals surface area contributed by atoms with E-state index in [1.165, 1.54) is 30.8 Å². The highest BCUT2D eigenvalue weighted by Gasteiger charge is 2.33. The number of thiophene rings is 1. The molecule has 0 unspecified atom stereocenters. The van der Waals surface area contributed by atoms with Crippen molar-refractivity contribution < 1.29 is 4.74 Å². The van der Waals surface area contributed by atoms with Crippen LogP contribution in [0.15, 0.2) is 24.3 Å². The molecule has 2 fully saturated rings. The van der Waals surface area contributed by atoms with Crippen LogP contribution in [0.2, 0.25) is 0 Å². The van der Waals surface area contributed by atoms with Gasteiger partial charge in [-0.05, 0) is 50.9 Å². The lowest BCUT2D eigenvalue weighted by Gasteiger charge is -2.42. The maximum absolute atomic E-state index is 6.14. The Bertz CT molecular complexity index is 640. The summed E-state index contributed by atoms with van der Waals surface area (Å²) in [5, 5.41) is 8.62. The number of rotatable bonds is 3. The van der Waals surface area contributed by atoms with E-state index in [1.54, 1.807) is 11.3 Å². The third-order valence-corrected chi connectivity index (χ3v) is 5.73. The van der Waals surface area contributed by atoms with Crippen molar-refractivity contribution in [2.45, 2.75) is 32.3 Å². The molecule has 0 saturated carbocycles. The molecule has 2 aromatic rings. The second kappa shape index (κ2) is 5.97. The molecular weight excluding hydrogens is 294 g/mol. The van der Waals surface area contributed by atoms with Crippen LogP contribution in [-0.4, -0.2) is 40.8 Å². The summed E-state index contributed by atoms with van der Waals surface area (Å²) in [4.78, 5) is 5.01. The molecule has 2 aliphatic heterocycles. The average Bonchev–Trinajstić information content (AvgIpc) is 2.98. The van der Waals surface area contributed by atoms with Gasteiger partial charge in [0.05, 0.1) is 4.88 Å². The third-order valence-electron chi connectivity index (χ3n) is 4.70. The standard InChI is InChI=1S/C17H21N3OS/c1-12-4-6-16(22-12)14-5-7-17(19-18-14)21-15-8-10-20-9-2-3-13(15)11-20/h4-7,13,15H,2-3,8-11H2,1H3/t13-,15-/m0/s1. The first-order valence-corrected chi connectivity index (χ1v) is 8.89. The molecule has 4 rings (SSSR count). The Balaban J connectivity index is 1.45. The molecule has 2 aliphatic rings. The fraction of sp³-hybridized carbons (Fsp3) is 0.529. The number of ether oxygens (including phenoxy) is 1. The fourth-order valence-corrected chi connectivity index (χ4v) is 4.37. The second-order valence-corrected chi connectivity index (χ2v) is 7.60. The molecule has 0 amide bonds. The van der Waals surface area contributed by atoms with Crippen LogP contribution in [0.1, 0.15) is 24.1 Å². The van der Waals surface area contributed by atoms with Crippen molar-refractivity contribution in [2.24, 2.45) is 5.92 Å². The van der Waals surface area contributed by atoms with E-state index in [-0.39, 0.29) is 0 Å². The Hall–Kier alpha value is -1.46. The van der Waals surface area contributed by atoms with Gasteiger partial charge in [-0.3, -0.25) is 0 Å². The van der Waals surface area contributed by atoms with Crippen LogP contribution in [0.3, 0.4) is 0 Å². The summed E-state index contributed by atoms with van der Waals surface area (Å²) in [6.07, 6.45) is 3.99. The van der Waals surface area contributed by atoms with Crippen molar-refractivity contribution in [3.8, 4) is 16.5 Å². The van der Waals surface area contributed by atoms with Gasteiger partial charge in [0, 0.05) is 30.0 Å². The van der Waals surface area contributed by atoms with Crippen LogP contribution in [0, 0.1) is 12.8 Å². The molecule has 4 nitrogen and oxygen atoms in total. The lowest BCUT2D eigenvalue weighted by Crippen LogP contribution is -2.49. The number of fused-ring (bicyclic) bond motifs is 2. The lowest BCUT2D eigenvalue weighted by molar-refractivity contribution is 0.0123. The molecule has 2 aromatic heterocycles. The summed E-state index contributed by atoms with van der Waals surface area (Å²) in [7, 11) is 0. The predicted molar refractivity (Wildman–Crippen MR) is 88.3 cm³/mol. The summed E-state index contributed by atoms with van der Waals surface area (Å²) in [5.74, 6) is 1.32. The van der Waals surface area contributed by atoms with E-state index in [4.69, 9.17) is 4.74 Å². The van der Waals surface area contributed by atoms with Gasteiger partial charge in [-0.1, -0.05) is 0 Å². The van der Waals surface area contributed by atoms with Gasteiger partial charge in [-0.2, -0.15) is 0 Å². The quantitative estimate of drug-likeness (QED) is 0.870. The maximum atomic E-state index is 6.14. The van der Waals surface area contributed by atoms with Gasteiger partial charge in [0.15, 0.2) is 0 Å². The highest BCUT2D eigenvalue weighted by Crippen LogP contribution is 2.30. The highest BCUT2D eigenvalue weighted by molar-refractivity contribution is 7.15. The third kappa shape index (κ3) is 2.88. The van der Waals surface area contributed by atoms with Gasteiger partial charge in [-0.25, -0.2) is 0 Å². The Morgan fingerprint density at radius 2 is 2.09 bits per heavy atom. The molecule has 0 spiro atoms. The van der Waals surface area contributed by atoms with Gasteiger partial charge in [-0.15, -0.1) is 21.5 Å². The average molecular weight is 315 g/mol. The summed E-state index contributed by atoms with van der Waals surface area (Å²) in [5.41, 5.74) is 0.929. The van der Waals surface area contributed by atoms with Gasteiger partial charge in [0.2, 0.25) is 5.88 Å². The van der Waals surface area contributed by atoms with E-state index >= 15 is 0 Å². The molecule has 0 aromatic carbocycles. The van der Waals surface area contributed by atoms with Crippen LogP contribution in [0.4, 0.5) is 0 Å². The van der Waals surface area contributed by atoms with Gasteiger partial charge < -0.3 is 9.64 Å². The van der Waals surface area contributed by atoms with E-state index in [0.717, 1.165) is 23.5 Å². The van der Waals surface area contributed by atoms with Gasteiger partial charge in [0.25, 0.3) is 0 Å². The van der Waals surface area contributed by atoms with Crippen LogP contribution in [0.25, 0.3) is 10.6 Å². The highest BCUT2D eigenvalue weighted by atomic mass is 32.1. The Kier molecular flexibility index (Phi) is 3.84. The van der Waals surface area contributed by atoms with Crippen molar-refractivity contribution in [1.82, 2.24) is 15.1 Å². The van der Waals surface area contributed by atoms with Crippen molar-refractivity contribution in [1.29, 1.82) is 0 Å². The lowest BCUT2D eigenvalue weighted by atomic mass is 9.87. The minimum atomic E-state index is 0.306. The molecule has 22 heavy (non-hydrogen) atoms. The topological polar surface area (TPSA) is 38.2 Å². The van der Waals surface area contributed by atoms with Gasteiger partial charge in [0.1, 0.15) is 11.8 Å². The largest absolute Gasteiger partial charge is 0.473 e. The van der Waals surface area contributed by atoms with Crippen molar-refractivity contribution in [3.05, 3.63) is 29.1 Å². The molecule has 0 aliphatic carbocycles. The number of aromatic nitrogens is 2. The summed E-state index contributed by atoms with van der Waals surface area (Å²) < 4.78 is 6.14. The minimum absolute atomic E-state index is 0.306. The van der Waals surface area contributed by atoms with E-state index in [9.17, 15) is 0 Å². The number of nitrogens with zero attached hydrogens (tertiary/aromatic N) is 3. The molecular formula is C17H21N3OS. The summed E-state index contributed by atoms with van der Waals surface area (Å²) in [6.45, 7) is 5.71. The zero-order valence-corrected chi connectivity index (χ0v) is 13.7. The number of hydrogen-bond acceptors (Lipinski definition) is 5. The van der Waals surface area contributed by atoms with Gasteiger partial charge >= 0.3 is 0 Å². The van der Waals surface area contributed by atoms with Crippen molar-refractivity contribution in [3.63, 3.8) is 0 Å². The van der Waals surface area contributed by atoms with Crippen LogP contribution >= 0.6 is 11.3 Å². The number of hydrogen-bond donors (Lipinski definition) is 0. The molecule has 116 valence electrons. The Labute approximate surface area is 135 Å². The fourth-order valence-electron chi connectivity index (χ4n) is 3.54. The smallest absolute Gasteiger partial charge is 0.233 e.